The van der Waals surface area contributed by atoms with E-state index < -0.39 is 0 Å². The smallest absolute Gasteiger partial charge is 0.253 e. The van der Waals surface area contributed by atoms with E-state index >= 15 is 0 Å². The maximum atomic E-state index is 12.3. The first-order chi connectivity index (χ1) is 9.15. The molecule has 0 bridgehead atoms. The van der Waals surface area contributed by atoms with Crippen LogP contribution in [0.1, 0.15) is 29.6 Å². The predicted octanol–water partition coefficient (Wildman–Crippen LogP) is 2.58. The van der Waals surface area contributed by atoms with Crippen molar-refractivity contribution >= 4 is 5.91 Å². The quantitative estimate of drug-likeness (QED) is 0.819. The summed E-state index contributed by atoms with van der Waals surface area (Å²) >= 11 is 0. The van der Waals surface area contributed by atoms with Crippen molar-refractivity contribution in [3.05, 3.63) is 23.8 Å². The second-order valence-corrected chi connectivity index (χ2v) is 5.05. The van der Waals surface area contributed by atoms with Crippen LogP contribution in [-0.4, -0.2) is 38.6 Å². The van der Waals surface area contributed by atoms with E-state index in [1.54, 1.807) is 37.3 Å². The van der Waals surface area contributed by atoms with Crippen molar-refractivity contribution < 1.29 is 14.3 Å². The second-order valence-electron chi connectivity index (χ2n) is 5.05. The lowest BCUT2D eigenvalue weighted by Gasteiger charge is -2.30. The van der Waals surface area contributed by atoms with Crippen LogP contribution in [0.5, 0.6) is 11.5 Å². The van der Waals surface area contributed by atoms with Crippen LogP contribution >= 0.6 is 0 Å². The van der Waals surface area contributed by atoms with Gasteiger partial charge in [0.2, 0.25) is 0 Å². The Morgan fingerprint density at radius 1 is 1.26 bits per heavy atom. The van der Waals surface area contributed by atoms with Gasteiger partial charge in [-0.15, -0.1) is 0 Å². The van der Waals surface area contributed by atoms with Crippen LogP contribution in [0, 0.1) is 5.92 Å². The molecule has 1 saturated carbocycles. The first-order valence-corrected chi connectivity index (χ1v) is 6.63. The summed E-state index contributed by atoms with van der Waals surface area (Å²) in [6.45, 7) is 0.840. The van der Waals surface area contributed by atoms with Gasteiger partial charge >= 0.3 is 0 Å². The third-order valence-corrected chi connectivity index (χ3v) is 3.73. The highest BCUT2D eigenvalue weighted by atomic mass is 16.5. The molecule has 104 valence electrons. The number of amides is 1. The van der Waals surface area contributed by atoms with Crippen LogP contribution in [0.15, 0.2) is 18.2 Å². The summed E-state index contributed by atoms with van der Waals surface area (Å²) in [4.78, 5) is 14.1. The Morgan fingerprint density at radius 3 is 2.47 bits per heavy atom. The standard InChI is InChI=1S/C15H21NO3/c1-16(10-11-5-4-6-11)15(17)12-7-8-13(18-2)14(9-12)19-3/h7-9,11H,4-6,10H2,1-3H3. The number of carbonyl (C=O) groups is 1. The van der Waals surface area contributed by atoms with Crippen LogP contribution in [0.2, 0.25) is 0 Å². The maximum absolute atomic E-state index is 12.3. The highest BCUT2D eigenvalue weighted by Crippen LogP contribution is 2.29. The van der Waals surface area contributed by atoms with Gasteiger partial charge in [0.05, 0.1) is 14.2 Å². The molecule has 1 fully saturated rings. The van der Waals surface area contributed by atoms with Crippen LogP contribution in [-0.2, 0) is 0 Å². The number of nitrogens with zero attached hydrogens (tertiary/aromatic N) is 1. The van der Waals surface area contributed by atoms with E-state index in [2.05, 4.69) is 0 Å². The van der Waals surface area contributed by atoms with Crippen molar-refractivity contribution in [1.82, 2.24) is 4.90 Å². The van der Waals surface area contributed by atoms with Crippen molar-refractivity contribution in [2.45, 2.75) is 19.3 Å². The topological polar surface area (TPSA) is 38.8 Å². The van der Waals surface area contributed by atoms with Crippen LogP contribution in [0.3, 0.4) is 0 Å². The summed E-state index contributed by atoms with van der Waals surface area (Å²) in [5.41, 5.74) is 0.638. The molecule has 0 saturated heterocycles. The van der Waals surface area contributed by atoms with E-state index in [0.717, 1.165) is 6.54 Å². The van der Waals surface area contributed by atoms with Gasteiger partial charge in [0.25, 0.3) is 5.91 Å². The van der Waals surface area contributed by atoms with Gasteiger partial charge < -0.3 is 14.4 Å². The lowest BCUT2D eigenvalue weighted by molar-refractivity contribution is 0.0745. The van der Waals surface area contributed by atoms with Crippen molar-refractivity contribution in [2.75, 3.05) is 27.8 Å². The Labute approximate surface area is 114 Å². The number of rotatable bonds is 5. The summed E-state index contributed by atoms with van der Waals surface area (Å²) in [6.07, 6.45) is 3.77. The van der Waals surface area contributed by atoms with Crippen LogP contribution in [0.25, 0.3) is 0 Å². The largest absolute Gasteiger partial charge is 0.493 e. The first-order valence-electron chi connectivity index (χ1n) is 6.63. The normalized spacial score (nSPS) is 14.7. The van der Waals surface area contributed by atoms with Gasteiger partial charge in [-0.05, 0) is 37.0 Å². The van der Waals surface area contributed by atoms with E-state index in [-0.39, 0.29) is 5.91 Å². The zero-order valence-corrected chi connectivity index (χ0v) is 11.8. The minimum atomic E-state index is 0.0350. The van der Waals surface area contributed by atoms with Crippen LogP contribution in [0.4, 0.5) is 0 Å². The van der Waals surface area contributed by atoms with Gasteiger partial charge in [-0.25, -0.2) is 0 Å². The molecule has 1 aliphatic rings. The molecule has 4 nitrogen and oxygen atoms in total. The van der Waals surface area contributed by atoms with Crippen molar-refractivity contribution in [3.63, 3.8) is 0 Å². The molecule has 0 aromatic heterocycles. The molecule has 0 N–H and O–H groups in total. The van der Waals surface area contributed by atoms with Gasteiger partial charge in [-0.2, -0.15) is 0 Å². The van der Waals surface area contributed by atoms with Crippen molar-refractivity contribution in [3.8, 4) is 11.5 Å². The fourth-order valence-electron chi connectivity index (χ4n) is 2.34. The van der Waals surface area contributed by atoms with Gasteiger partial charge in [-0.1, -0.05) is 6.42 Å². The second kappa shape index (κ2) is 5.95. The molecule has 0 spiro atoms. The fourth-order valence-corrected chi connectivity index (χ4v) is 2.34. The third-order valence-electron chi connectivity index (χ3n) is 3.73. The van der Waals surface area contributed by atoms with Crippen LogP contribution < -0.4 is 9.47 Å². The van der Waals surface area contributed by atoms with E-state index in [1.807, 2.05) is 7.05 Å². The number of ether oxygens (including phenoxy) is 2. The van der Waals surface area contributed by atoms with Crippen molar-refractivity contribution in [2.24, 2.45) is 5.92 Å². The molecule has 19 heavy (non-hydrogen) atoms. The molecule has 0 aliphatic heterocycles. The Kier molecular flexibility index (Phi) is 4.30. The molecule has 0 radical (unpaired) electrons. The molecule has 4 heteroatoms. The highest BCUT2D eigenvalue weighted by Gasteiger charge is 2.22. The first kappa shape index (κ1) is 13.7. The fraction of sp³-hybridized carbons (Fsp3) is 0.533. The summed E-state index contributed by atoms with van der Waals surface area (Å²) in [7, 11) is 5.02. The SMILES string of the molecule is COc1ccc(C(=O)N(C)CC2CCC2)cc1OC. The molecular formula is C15H21NO3. The number of hydrogen-bond acceptors (Lipinski definition) is 3. The Balaban J connectivity index is 2.09. The average molecular weight is 263 g/mol. The van der Waals surface area contributed by atoms with Gasteiger partial charge in [0.1, 0.15) is 0 Å². The zero-order chi connectivity index (χ0) is 13.8. The molecule has 0 unspecified atom stereocenters. The van der Waals surface area contributed by atoms with E-state index in [0.29, 0.717) is 23.0 Å². The highest BCUT2D eigenvalue weighted by molar-refractivity contribution is 5.94. The van der Waals surface area contributed by atoms with E-state index in [9.17, 15) is 4.79 Å². The minimum Gasteiger partial charge on any atom is -0.493 e. The summed E-state index contributed by atoms with van der Waals surface area (Å²) in [5.74, 6) is 1.94. The Morgan fingerprint density at radius 2 is 1.95 bits per heavy atom. The van der Waals surface area contributed by atoms with E-state index in [1.165, 1.54) is 19.3 Å². The molecule has 1 aromatic carbocycles. The monoisotopic (exact) mass is 263 g/mol. The molecule has 2 rings (SSSR count). The molecular weight excluding hydrogens is 242 g/mol. The molecule has 1 aromatic rings. The molecule has 0 atom stereocenters. The zero-order valence-electron chi connectivity index (χ0n) is 11.8. The number of hydrogen-bond donors (Lipinski definition) is 0. The predicted molar refractivity (Wildman–Crippen MR) is 73.8 cm³/mol. The van der Waals surface area contributed by atoms with Gasteiger partial charge in [-0.3, -0.25) is 4.79 Å². The van der Waals surface area contributed by atoms with E-state index in [4.69, 9.17) is 9.47 Å². The lowest BCUT2D eigenvalue weighted by atomic mass is 9.85. The third kappa shape index (κ3) is 3.00. The Bertz CT molecular complexity index is 455. The summed E-state index contributed by atoms with van der Waals surface area (Å²) < 4.78 is 10.4. The van der Waals surface area contributed by atoms with Crippen molar-refractivity contribution in [1.29, 1.82) is 0 Å². The van der Waals surface area contributed by atoms with Gasteiger partial charge in [0, 0.05) is 19.2 Å². The minimum absolute atomic E-state index is 0.0350. The molecule has 1 aliphatic carbocycles. The molecule has 0 heterocycles. The molecule has 1 amide bonds. The number of benzene rings is 1. The number of methoxy groups -OCH3 is 2. The average Bonchev–Trinajstić information content (AvgIpc) is 2.40. The summed E-state index contributed by atoms with van der Waals surface area (Å²) in [6, 6.07) is 5.28. The number of carbonyl (C=O) groups excluding carboxylic acids is 1. The summed E-state index contributed by atoms with van der Waals surface area (Å²) in [5, 5.41) is 0. The maximum Gasteiger partial charge on any atom is 0.253 e. The Hall–Kier alpha value is -1.71. The van der Waals surface area contributed by atoms with Gasteiger partial charge in [0.15, 0.2) is 11.5 Å². The lowest BCUT2D eigenvalue weighted by Crippen LogP contribution is -2.34.